The van der Waals surface area contributed by atoms with Crippen LogP contribution in [0, 0.1) is 0 Å². The van der Waals surface area contributed by atoms with Crippen LogP contribution in [0.4, 0.5) is 5.69 Å². The summed E-state index contributed by atoms with van der Waals surface area (Å²) < 4.78 is 30.9. The maximum absolute atomic E-state index is 13.0. The average molecular weight is 595 g/mol. The Morgan fingerprint density at radius 1 is 1.03 bits per heavy atom. The number of rotatable bonds is 8. The van der Waals surface area contributed by atoms with E-state index < -0.39 is 21.9 Å². The van der Waals surface area contributed by atoms with Crippen LogP contribution in [-0.4, -0.2) is 29.0 Å². The summed E-state index contributed by atoms with van der Waals surface area (Å²) in [6, 6.07) is 18.1. The molecule has 0 bridgehead atoms. The van der Waals surface area contributed by atoms with E-state index in [1.807, 2.05) is 24.3 Å². The van der Waals surface area contributed by atoms with Crippen LogP contribution < -0.4 is 4.72 Å². The first-order valence-corrected chi connectivity index (χ1v) is 13.4. The topological polar surface area (TPSA) is 101 Å². The second-order valence-corrected chi connectivity index (χ2v) is 11.1. The molecule has 35 heavy (non-hydrogen) atoms. The van der Waals surface area contributed by atoms with Crippen molar-refractivity contribution in [2.24, 2.45) is 0 Å². The molecule has 0 radical (unpaired) electrons. The second kappa shape index (κ2) is 10.4. The number of carboxylic acid groups (broad SMARTS) is 1. The Labute approximate surface area is 220 Å². The Balaban J connectivity index is 1.66. The van der Waals surface area contributed by atoms with Gasteiger partial charge in [0.25, 0.3) is 10.0 Å². The van der Waals surface area contributed by atoms with Crippen molar-refractivity contribution in [2.45, 2.75) is 12.3 Å². The van der Waals surface area contributed by atoms with Crippen LogP contribution >= 0.6 is 39.1 Å². The third-order valence-electron chi connectivity index (χ3n) is 5.06. The number of aromatic carboxylic acids is 1. The maximum Gasteiger partial charge on any atom is 0.335 e. The molecule has 0 unspecified atom stereocenters. The number of hydrogen-bond acceptors (Lipinski definition) is 4. The van der Waals surface area contributed by atoms with Gasteiger partial charge < -0.3 is 9.67 Å². The molecule has 11 heteroatoms. The first kappa shape index (κ1) is 25.2. The quantitative estimate of drug-likeness (QED) is 0.249. The molecule has 180 valence electrons. The Bertz CT molecular complexity index is 1490. The molecule has 1 aromatic heterocycles. The van der Waals surface area contributed by atoms with E-state index in [2.05, 4.69) is 25.6 Å². The number of carbonyl (C=O) groups is 1. The van der Waals surface area contributed by atoms with E-state index in [0.717, 1.165) is 10.0 Å². The van der Waals surface area contributed by atoms with Crippen molar-refractivity contribution in [3.05, 3.63) is 104 Å². The van der Waals surface area contributed by atoms with Crippen LogP contribution in [0.25, 0.3) is 11.3 Å². The number of halogens is 3. The molecular weight excluding hydrogens is 577 g/mol. The molecule has 7 nitrogen and oxygen atoms in total. The van der Waals surface area contributed by atoms with Crippen LogP contribution in [0.2, 0.25) is 10.0 Å². The molecule has 0 saturated heterocycles. The molecule has 0 aliphatic heterocycles. The minimum atomic E-state index is -3.86. The number of imidazole rings is 1. The number of nitrogens with zero attached hydrogens (tertiary/aromatic N) is 2. The smallest absolute Gasteiger partial charge is 0.335 e. The largest absolute Gasteiger partial charge is 0.478 e. The summed E-state index contributed by atoms with van der Waals surface area (Å²) in [5, 5.41) is 9.91. The lowest BCUT2D eigenvalue weighted by Crippen LogP contribution is -2.20. The van der Waals surface area contributed by atoms with E-state index >= 15 is 0 Å². The number of aromatic nitrogens is 2. The van der Waals surface area contributed by atoms with E-state index in [4.69, 9.17) is 28.3 Å². The van der Waals surface area contributed by atoms with Gasteiger partial charge in [-0.05, 0) is 60.2 Å². The number of anilines is 1. The highest BCUT2D eigenvalue weighted by atomic mass is 79.9. The number of nitrogens with one attached hydrogen (secondary N) is 1. The number of benzene rings is 3. The average Bonchev–Trinajstić information content (AvgIpc) is 3.16. The van der Waals surface area contributed by atoms with Gasteiger partial charge in [-0.2, -0.15) is 0 Å². The summed E-state index contributed by atoms with van der Waals surface area (Å²) in [5.74, 6) is -0.971. The molecule has 0 atom stereocenters. The van der Waals surface area contributed by atoms with Gasteiger partial charge in [0, 0.05) is 33.4 Å². The van der Waals surface area contributed by atoms with Crippen molar-refractivity contribution in [2.75, 3.05) is 4.72 Å². The van der Waals surface area contributed by atoms with Crippen LogP contribution in [0.1, 0.15) is 21.7 Å². The highest BCUT2D eigenvalue weighted by molar-refractivity contribution is 9.10. The molecule has 0 fully saturated rings. The molecule has 1 heterocycles. The Morgan fingerprint density at radius 3 is 2.34 bits per heavy atom. The van der Waals surface area contributed by atoms with Crippen molar-refractivity contribution in [1.29, 1.82) is 0 Å². The van der Waals surface area contributed by atoms with Crippen LogP contribution in [0.5, 0.6) is 0 Å². The SMILES string of the molecule is O=C(O)c1ccc(NS(=O)(=O)Cn2cc(-c3ccc(Cl)cc3Cl)nc2Cc2ccc(Br)cc2)cc1. The molecule has 0 spiro atoms. The molecule has 0 amide bonds. The van der Waals surface area contributed by atoms with Gasteiger partial charge in [-0.1, -0.05) is 51.3 Å². The zero-order valence-electron chi connectivity index (χ0n) is 18.0. The van der Waals surface area contributed by atoms with Crippen LogP contribution in [0.15, 0.2) is 77.4 Å². The molecule has 3 aromatic carbocycles. The summed E-state index contributed by atoms with van der Waals surface area (Å²) >= 11 is 15.8. The van der Waals surface area contributed by atoms with Crippen LogP contribution in [0.3, 0.4) is 0 Å². The van der Waals surface area contributed by atoms with Gasteiger partial charge in [0.1, 0.15) is 11.7 Å². The number of hydrogen-bond donors (Lipinski definition) is 2. The number of sulfonamides is 1. The summed E-state index contributed by atoms with van der Waals surface area (Å²) in [5.41, 5.74) is 2.40. The fraction of sp³-hybridized carbons (Fsp3) is 0.0833. The van der Waals surface area contributed by atoms with Crippen LogP contribution in [-0.2, 0) is 22.3 Å². The normalized spacial score (nSPS) is 11.4. The van der Waals surface area contributed by atoms with Crippen molar-refractivity contribution < 1.29 is 18.3 Å². The van der Waals surface area contributed by atoms with Crippen molar-refractivity contribution >= 4 is 60.8 Å². The lowest BCUT2D eigenvalue weighted by atomic mass is 10.1. The van der Waals surface area contributed by atoms with Crippen molar-refractivity contribution in [3.8, 4) is 11.3 Å². The fourth-order valence-corrected chi connectivity index (χ4v) is 5.31. The standard InChI is InChI=1S/C24H18BrCl2N3O4S/c25-17-5-1-15(2-6-17)11-23-28-22(20-10-7-18(26)12-21(20)27)13-30(23)14-35(33,34)29-19-8-3-16(4-9-19)24(31)32/h1-10,12-13,29H,11,14H2,(H,31,32). The summed E-state index contributed by atoms with van der Waals surface area (Å²) in [4.78, 5) is 15.7. The lowest BCUT2D eigenvalue weighted by molar-refractivity contribution is 0.0697. The Hall–Kier alpha value is -2.85. The molecule has 4 aromatic rings. The molecule has 0 aliphatic rings. The Kier molecular flexibility index (Phi) is 7.51. The summed E-state index contributed by atoms with van der Waals surface area (Å²) in [7, 11) is -3.86. The Morgan fingerprint density at radius 2 is 1.71 bits per heavy atom. The van der Waals surface area contributed by atoms with Gasteiger partial charge >= 0.3 is 5.97 Å². The molecule has 4 rings (SSSR count). The molecule has 0 saturated carbocycles. The van der Waals surface area contributed by atoms with E-state index in [1.54, 1.807) is 29.0 Å². The number of carboxylic acids is 1. The third-order valence-corrected chi connectivity index (χ3v) is 7.30. The van der Waals surface area contributed by atoms with E-state index in [1.165, 1.54) is 24.3 Å². The summed E-state index contributed by atoms with van der Waals surface area (Å²) in [6.07, 6.45) is 2.03. The zero-order valence-corrected chi connectivity index (χ0v) is 21.9. The molecular formula is C24H18BrCl2N3O4S. The van der Waals surface area contributed by atoms with Gasteiger partial charge in [-0.15, -0.1) is 0 Å². The van der Waals surface area contributed by atoms with Crippen molar-refractivity contribution in [3.63, 3.8) is 0 Å². The van der Waals surface area contributed by atoms with Gasteiger partial charge in [0.05, 0.1) is 16.3 Å². The predicted octanol–water partition coefficient (Wildman–Crippen LogP) is 6.31. The third kappa shape index (κ3) is 6.43. The monoisotopic (exact) mass is 593 g/mol. The first-order chi connectivity index (χ1) is 16.6. The maximum atomic E-state index is 13.0. The van der Waals surface area contributed by atoms with Gasteiger partial charge in [-0.3, -0.25) is 4.72 Å². The lowest BCUT2D eigenvalue weighted by Gasteiger charge is -2.11. The second-order valence-electron chi connectivity index (χ2n) is 7.67. The van der Waals surface area contributed by atoms with E-state index in [0.29, 0.717) is 33.5 Å². The predicted molar refractivity (Wildman–Crippen MR) is 141 cm³/mol. The fourth-order valence-electron chi connectivity index (χ4n) is 3.39. The first-order valence-electron chi connectivity index (χ1n) is 10.2. The summed E-state index contributed by atoms with van der Waals surface area (Å²) in [6.45, 7) is 0. The molecule has 0 aliphatic carbocycles. The van der Waals surface area contributed by atoms with E-state index in [-0.39, 0.29) is 11.3 Å². The van der Waals surface area contributed by atoms with Gasteiger partial charge in [-0.25, -0.2) is 18.2 Å². The highest BCUT2D eigenvalue weighted by Crippen LogP contribution is 2.30. The zero-order chi connectivity index (χ0) is 25.2. The van der Waals surface area contributed by atoms with Gasteiger partial charge in [0.2, 0.25) is 0 Å². The minimum Gasteiger partial charge on any atom is -0.478 e. The van der Waals surface area contributed by atoms with Crippen molar-refractivity contribution in [1.82, 2.24) is 9.55 Å². The minimum absolute atomic E-state index is 0.0591. The van der Waals surface area contributed by atoms with Gasteiger partial charge in [0.15, 0.2) is 0 Å². The molecule has 2 N–H and O–H groups in total. The highest BCUT2D eigenvalue weighted by Gasteiger charge is 2.19. The van der Waals surface area contributed by atoms with E-state index in [9.17, 15) is 13.2 Å².